The van der Waals surface area contributed by atoms with E-state index in [4.69, 9.17) is 11.6 Å². The average molecular weight is 572 g/mol. The van der Waals surface area contributed by atoms with Crippen LogP contribution in [-0.2, 0) is 26.7 Å². The highest BCUT2D eigenvalue weighted by atomic mass is 35.5. The fourth-order valence-electron chi connectivity index (χ4n) is 7.51. The maximum atomic E-state index is 13.9. The molecule has 3 atom stereocenters. The minimum atomic E-state index is -3.63. The number of phenols is 1. The van der Waals surface area contributed by atoms with Gasteiger partial charge in [0.2, 0.25) is 15.9 Å². The molecule has 0 unspecified atom stereocenters. The molecule has 2 aliphatic carbocycles. The number of amides is 1. The van der Waals surface area contributed by atoms with Crippen molar-refractivity contribution < 1.29 is 18.3 Å². The number of nitrogens with zero attached hydrogens (tertiary/aromatic N) is 3. The summed E-state index contributed by atoms with van der Waals surface area (Å²) in [4.78, 5) is 18.5. The second kappa shape index (κ2) is 10.1. The molecule has 0 radical (unpaired) electrons. The second-order valence-corrected chi connectivity index (χ2v) is 14.4. The van der Waals surface area contributed by atoms with Crippen molar-refractivity contribution >= 4 is 27.5 Å². The summed E-state index contributed by atoms with van der Waals surface area (Å²) in [5, 5.41) is 10.9. The lowest BCUT2D eigenvalue weighted by atomic mass is 9.56. The molecule has 4 aliphatic rings. The molecule has 6 rings (SSSR count). The second-order valence-electron chi connectivity index (χ2n) is 12.1. The lowest BCUT2D eigenvalue weighted by molar-refractivity contribution is -0.135. The molecule has 2 aliphatic heterocycles. The van der Waals surface area contributed by atoms with Crippen LogP contribution in [0.4, 0.5) is 0 Å². The third-order valence-corrected chi connectivity index (χ3v) is 12.2. The van der Waals surface area contributed by atoms with E-state index in [0.29, 0.717) is 49.3 Å². The van der Waals surface area contributed by atoms with Crippen LogP contribution in [0.25, 0.3) is 0 Å². The van der Waals surface area contributed by atoms with E-state index < -0.39 is 10.0 Å². The molecule has 2 aromatic rings. The van der Waals surface area contributed by atoms with E-state index >= 15 is 0 Å². The quantitative estimate of drug-likeness (QED) is 0.555. The van der Waals surface area contributed by atoms with Crippen LogP contribution >= 0.6 is 11.6 Å². The Balaban J connectivity index is 1.19. The fourth-order valence-corrected chi connectivity index (χ4v) is 9.56. The Morgan fingerprint density at radius 3 is 2.38 bits per heavy atom. The molecule has 39 heavy (non-hydrogen) atoms. The van der Waals surface area contributed by atoms with Crippen LogP contribution in [0.3, 0.4) is 0 Å². The number of hydrogen-bond acceptors (Lipinski definition) is 5. The molecule has 3 fully saturated rings. The Bertz CT molecular complexity index is 1350. The van der Waals surface area contributed by atoms with Crippen molar-refractivity contribution in [3.63, 3.8) is 0 Å². The van der Waals surface area contributed by atoms with E-state index in [1.807, 2.05) is 17.0 Å². The van der Waals surface area contributed by atoms with Crippen molar-refractivity contribution in [2.45, 2.75) is 80.3 Å². The Morgan fingerprint density at radius 1 is 1.05 bits per heavy atom. The number of phenolic OH excluding ortho intramolecular Hbond substituents is 1. The van der Waals surface area contributed by atoms with Crippen LogP contribution in [0, 0.1) is 5.92 Å². The summed E-state index contributed by atoms with van der Waals surface area (Å²) >= 11 is 6.00. The van der Waals surface area contributed by atoms with Gasteiger partial charge < -0.3 is 14.9 Å². The van der Waals surface area contributed by atoms with Crippen LogP contribution in [0.1, 0.15) is 56.6 Å². The Labute approximate surface area is 236 Å². The summed E-state index contributed by atoms with van der Waals surface area (Å²) in [6.07, 6.45) is 5.29. The number of carbonyl (C=O) groups is 1. The van der Waals surface area contributed by atoms with Gasteiger partial charge in [0.05, 0.1) is 4.90 Å². The number of fused-ring (bicyclic) bond motifs is 4. The van der Waals surface area contributed by atoms with Crippen LogP contribution in [0.5, 0.6) is 5.75 Å². The number of aromatic hydroxyl groups is 1. The van der Waals surface area contributed by atoms with Crippen molar-refractivity contribution in [2.24, 2.45) is 5.92 Å². The minimum absolute atomic E-state index is 0.0419. The number of halogens is 1. The molecule has 7 nitrogen and oxygen atoms in total. The van der Waals surface area contributed by atoms with Gasteiger partial charge >= 0.3 is 0 Å². The molecule has 2 bridgehead atoms. The molecular formula is C30H38ClN3O4S. The van der Waals surface area contributed by atoms with Crippen molar-refractivity contribution in [2.75, 3.05) is 26.7 Å². The summed E-state index contributed by atoms with van der Waals surface area (Å²) in [6, 6.07) is 12.4. The smallest absolute Gasteiger partial charge is 0.243 e. The zero-order chi connectivity index (χ0) is 27.5. The van der Waals surface area contributed by atoms with Gasteiger partial charge in [0, 0.05) is 48.1 Å². The number of likely N-dealkylation sites (N-methyl/N-ethyl adjacent to an activating group) is 1. The number of rotatable bonds is 6. The molecule has 2 saturated heterocycles. The minimum Gasteiger partial charge on any atom is -0.508 e. The molecule has 2 heterocycles. The summed E-state index contributed by atoms with van der Waals surface area (Å²) < 4.78 is 28.9. The summed E-state index contributed by atoms with van der Waals surface area (Å²) in [7, 11) is -1.46. The number of sulfonamides is 1. The fraction of sp³-hybridized carbons (Fsp3) is 0.567. The SMILES string of the molecule is C[C@H]1[C@H]2Cc3ccc(O)cc3[C@]1(CC(=O)N1CCC(N(C3CC3)S(=O)(=O)c3ccc(Cl)cc3)CC1)CCN2C. The zero-order valence-electron chi connectivity index (χ0n) is 22.7. The first-order chi connectivity index (χ1) is 18.6. The molecule has 9 heteroatoms. The average Bonchev–Trinajstić information content (AvgIpc) is 3.74. The zero-order valence-corrected chi connectivity index (χ0v) is 24.3. The standard InChI is InChI=1S/C30H38ClN3O4S/c1-20-28-17-21-3-8-25(35)18-27(21)30(20,13-16-32(28)2)19-29(36)33-14-11-24(12-15-33)34(23-6-7-23)39(37,38)26-9-4-22(31)5-10-26/h3-5,8-10,18,20,23-24,28,35H,6-7,11-17,19H2,1-2H3/t20-,28+,30-/m0/s1. The lowest BCUT2D eigenvalue weighted by Crippen LogP contribution is -2.59. The summed E-state index contributed by atoms with van der Waals surface area (Å²) in [5.74, 6) is 0.688. The Morgan fingerprint density at radius 2 is 1.72 bits per heavy atom. The van der Waals surface area contributed by atoms with E-state index in [0.717, 1.165) is 37.8 Å². The Kier molecular flexibility index (Phi) is 6.97. The van der Waals surface area contributed by atoms with Gasteiger partial charge in [0.15, 0.2) is 0 Å². The van der Waals surface area contributed by atoms with Crippen molar-refractivity contribution in [1.29, 1.82) is 0 Å². The van der Waals surface area contributed by atoms with E-state index in [-0.39, 0.29) is 34.1 Å². The predicted molar refractivity (Wildman–Crippen MR) is 151 cm³/mol. The first-order valence-corrected chi connectivity index (χ1v) is 16.0. The highest BCUT2D eigenvalue weighted by molar-refractivity contribution is 7.89. The van der Waals surface area contributed by atoms with Gasteiger partial charge in [-0.2, -0.15) is 4.31 Å². The maximum absolute atomic E-state index is 13.9. The van der Waals surface area contributed by atoms with Crippen LogP contribution in [0.15, 0.2) is 47.4 Å². The monoisotopic (exact) mass is 571 g/mol. The van der Waals surface area contributed by atoms with E-state index in [9.17, 15) is 18.3 Å². The maximum Gasteiger partial charge on any atom is 0.243 e. The molecule has 0 spiro atoms. The van der Waals surface area contributed by atoms with Crippen molar-refractivity contribution in [3.8, 4) is 5.75 Å². The molecule has 1 N–H and O–H groups in total. The number of hydrogen-bond donors (Lipinski definition) is 1. The first-order valence-electron chi connectivity index (χ1n) is 14.2. The summed E-state index contributed by atoms with van der Waals surface area (Å²) in [6.45, 7) is 4.31. The van der Waals surface area contributed by atoms with E-state index in [1.54, 1.807) is 34.6 Å². The lowest BCUT2D eigenvalue weighted by Gasteiger charge is -2.55. The van der Waals surface area contributed by atoms with Crippen LogP contribution in [0.2, 0.25) is 5.02 Å². The van der Waals surface area contributed by atoms with Gasteiger partial charge in [0.25, 0.3) is 0 Å². The molecule has 0 aromatic heterocycles. The number of benzene rings is 2. The molecule has 1 amide bonds. The third-order valence-electron chi connectivity index (χ3n) is 9.92. The van der Waals surface area contributed by atoms with Gasteiger partial charge in [0.1, 0.15) is 5.75 Å². The van der Waals surface area contributed by atoms with E-state index in [2.05, 4.69) is 18.9 Å². The van der Waals surface area contributed by atoms with Gasteiger partial charge in [-0.05, 0) is 106 Å². The van der Waals surface area contributed by atoms with Crippen LogP contribution in [-0.4, -0.2) is 78.3 Å². The van der Waals surface area contributed by atoms with E-state index in [1.165, 1.54) is 5.56 Å². The number of likely N-dealkylation sites (tertiary alicyclic amines) is 2. The number of carbonyl (C=O) groups excluding carboxylic acids is 1. The van der Waals surface area contributed by atoms with Crippen LogP contribution < -0.4 is 0 Å². The van der Waals surface area contributed by atoms with Gasteiger partial charge in [-0.1, -0.05) is 24.6 Å². The van der Waals surface area contributed by atoms with Gasteiger partial charge in [-0.25, -0.2) is 8.42 Å². The third kappa shape index (κ3) is 4.77. The highest BCUT2D eigenvalue weighted by Gasteiger charge is 2.52. The number of piperidine rings is 2. The summed E-state index contributed by atoms with van der Waals surface area (Å²) in [5.41, 5.74) is 2.08. The normalized spacial score (nSPS) is 27.9. The largest absolute Gasteiger partial charge is 0.508 e. The molecule has 210 valence electrons. The van der Waals surface area contributed by atoms with Gasteiger partial charge in [-0.3, -0.25) is 4.79 Å². The predicted octanol–water partition coefficient (Wildman–Crippen LogP) is 4.41. The Hall–Kier alpha value is -2.13. The molecule has 1 saturated carbocycles. The highest BCUT2D eigenvalue weighted by Crippen LogP contribution is 2.51. The van der Waals surface area contributed by atoms with Gasteiger partial charge in [-0.15, -0.1) is 0 Å². The van der Waals surface area contributed by atoms with Crippen molar-refractivity contribution in [1.82, 2.24) is 14.1 Å². The van der Waals surface area contributed by atoms with Crippen molar-refractivity contribution in [3.05, 3.63) is 58.6 Å². The molecular weight excluding hydrogens is 534 g/mol. The molecule has 2 aromatic carbocycles. The first kappa shape index (κ1) is 27.1. The topological polar surface area (TPSA) is 81.2 Å².